The van der Waals surface area contributed by atoms with E-state index >= 15 is 0 Å². The van der Waals surface area contributed by atoms with Crippen LogP contribution in [-0.2, 0) is 26.1 Å². The number of nitrogens with zero attached hydrogens (tertiary/aromatic N) is 1. The van der Waals surface area contributed by atoms with Gasteiger partial charge in [0.1, 0.15) is 6.04 Å². The Kier molecular flexibility index (Phi) is 8.43. The molecule has 1 aromatic carbocycles. The maximum atomic E-state index is 14.9. The lowest BCUT2D eigenvalue weighted by molar-refractivity contribution is -0.144. The van der Waals surface area contributed by atoms with Crippen molar-refractivity contribution in [3.63, 3.8) is 0 Å². The minimum Gasteiger partial charge on any atom is -0.392 e. The predicted molar refractivity (Wildman–Crippen MR) is 212 cm³/mol. The molecule has 290 valence electrons. The van der Waals surface area contributed by atoms with Crippen LogP contribution in [0.15, 0.2) is 48.1 Å². The van der Waals surface area contributed by atoms with Crippen molar-refractivity contribution in [2.45, 2.75) is 129 Å². The number of hydrogen-bond acceptors (Lipinski definition) is 6. The van der Waals surface area contributed by atoms with E-state index in [0.717, 1.165) is 58.9 Å². The Labute approximate surface area is 320 Å². The SMILES string of the molecule is C=C(C)C1C(=O)c2c3c(cc4c5c(n1c24)C1(C)C(CCC2C(C)(/C=C/C=C(\C)C(=O)NCCOC)C(O)CCC21C)C5)C1=CC(C)(C)OC(C)(C)C1C3O. The Morgan fingerprint density at radius 1 is 1.11 bits per heavy atom. The van der Waals surface area contributed by atoms with Gasteiger partial charge in [-0.1, -0.05) is 51.2 Å². The molecule has 0 spiro atoms. The van der Waals surface area contributed by atoms with Crippen molar-refractivity contribution in [1.29, 1.82) is 0 Å². The molecule has 3 N–H and O–H groups in total. The third kappa shape index (κ3) is 4.81. The van der Waals surface area contributed by atoms with Crippen molar-refractivity contribution >= 4 is 28.2 Å². The molecule has 0 bridgehead atoms. The maximum Gasteiger partial charge on any atom is 0.246 e. The number of methoxy groups -OCH3 is 1. The number of carbonyl (C=O) groups excluding carboxylic acids is 2. The number of aliphatic hydroxyl groups is 2. The van der Waals surface area contributed by atoms with Gasteiger partial charge in [0.25, 0.3) is 0 Å². The van der Waals surface area contributed by atoms with Gasteiger partial charge in [-0.25, -0.2) is 0 Å². The Hall–Kier alpha value is -3.30. The molecule has 9 atom stereocenters. The summed E-state index contributed by atoms with van der Waals surface area (Å²) in [6.45, 7) is 24.5. The van der Waals surface area contributed by atoms with Crippen molar-refractivity contribution in [2.75, 3.05) is 20.3 Å². The average molecular weight is 737 g/mol. The van der Waals surface area contributed by atoms with Crippen molar-refractivity contribution < 1.29 is 29.3 Å². The highest BCUT2D eigenvalue weighted by Gasteiger charge is 2.67. The van der Waals surface area contributed by atoms with E-state index in [2.05, 4.69) is 83.1 Å². The number of Topliss-reactive ketones (excluding diaryl/α,β-unsaturated/α-hetero) is 1. The van der Waals surface area contributed by atoms with Crippen LogP contribution in [0.5, 0.6) is 0 Å². The fourth-order valence-electron chi connectivity index (χ4n) is 13.0. The van der Waals surface area contributed by atoms with Gasteiger partial charge in [-0.15, -0.1) is 0 Å². The van der Waals surface area contributed by atoms with E-state index in [9.17, 15) is 19.8 Å². The summed E-state index contributed by atoms with van der Waals surface area (Å²) >= 11 is 0. The third-order valence-corrected chi connectivity index (χ3v) is 15.4. The average Bonchev–Trinajstić information content (AvgIpc) is 3.75. The molecule has 54 heavy (non-hydrogen) atoms. The van der Waals surface area contributed by atoms with Crippen LogP contribution >= 0.6 is 0 Å². The molecule has 8 rings (SSSR count). The number of ether oxygens (including phenoxy) is 2. The first-order valence-electron chi connectivity index (χ1n) is 20.1. The van der Waals surface area contributed by atoms with Crippen LogP contribution in [-0.4, -0.2) is 64.0 Å². The molecule has 4 aliphatic carbocycles. The Bertz CT molecular complexity index is 2100. The molecule has 2 fully saturated rings. The summed E-state index contributed by atoms with van der Waals surface area (Å²) in [5, 5.41) is 28.0. The highest BCUT2D eigenvalue weighted by Crippen LogP contribution is 2.71. The molecule has 9 unspecified atom stereocenters. The van der Waals surface area contributed by atoms with Gasteiger partial charge in [-0.3, -0.25) is 9.59 Å². The first-order valence-corrected chi connectivity index (χ1v) is 20.1. The lowest BCUT2D eigenvalue weighted by Gasteiger charge is -2.64. The number of nitrogens with one attached hydrogen (secondary N) is 1. The molecular weight excluding hydrogens is 677 g/mol. The van der Waals surface area contributed by atoms with E-state index < -0.39 is 34.9 Å². The quantitative estimate of drug-likeness (QED) is 0.116. The van der Waals surface area contributed by atoms with E-state index in [-0.39, 0.29) is 34.4 Å². The second kappa shape index (κ2) is 12.1. The summed E-state index contributed by atoms with van der Waals surface area (Å²) < 4.78 is 14.0. The smallest absolute Gasteiger partial charge is 0.246 e. The van der Waals surface area contributed by atoms with Crippen molar-refractivity contribution in [1.82, 2.24) is 9.88 Å². The highest BCUT2D eigenvalue weighted by molar-refractivity contribution is 6.18. The molecule has 8 heteroatoms. The molecular formula is C46H60N2O6. The summed E-state index contributed by atoms with van der Waals surface area (Å²) in [6.07, 6.45) is 11.3. The minimum absolute atomic E-state index is 0.0308. The van der Waals surface area contributed by atoms with Gasteiger partial charge < -0.3 is 29.6 Å². The van der Waals surface area contributed by atoms with Gasteiger partial charge in [0.05, 0.1) is 41.1 Å². The van der Waals surface area contributed by atoms with Gasteiger partial charge in [0.15, 0.2) is 5.78 Å². The third-order valence-electron chi connectivity index (χ3n) is 15.4. The zero-order chi connectivity index (χ0) is 39.1. The second-order valence-corrected chi connectivity index (χ2v) is 19.3. The van der Waals surface area contributed by atoms with E-state index in [1.807, 2.05) is 26.0 Å². The van der Waals surface area contributed by atoms with Crippen LogP contribution in [0.1, 0.15) is 133 Å². The number of fused-ring (bicyclic) bond motifs is 11. The Morgan fingerprint density at radius 2 is 1.83 bits per heavy atom. The number of amides is 1. The molecule has 8 nitrogen and oxygen atoms in total. The van der Waals surface area contributed by atoms with Gasteiger partial charge in [-0.2, -0.15) is 0 Å². The van der Waals surface area contributed by atoms with Crippen molar-refractivity contribution in [3.8, 4) is 0 Å². The number of carbonyl (C=O) groups is 2. The van der Waals surface area contributed by atoms with Crippen LogP contribution in [0, 0.1) is 28.6 Å². The van der Waals surface area contributed by atoms with E-state index in [1.165, 1.54) is 11.3 Å². The van der Waals surface area contributed by atoms with Gasteiger partial charge in [0.2, 0.25) is 5.91 Å². The fraction of sp³-hybridized carbons (Fsp3) is 0.609. The summed E-state index contributed by atoms with van der Waals surface area (Å²) in [5.41, 5.74) is 6.33. The monoisotopic (exact) mass is 736 g/mol. The number of aromatic nitrogens is 1. The Morgan fingerprint density at radius 3 is 2.52 bits per heavy atom. The summed E-state index contributed by atoms with van der Waals surface area (Å²) in [7, 11) is 1.61. The summed E-state index contributed by atoms with van der Waals surface area (Å²) in [4.78, 5) is 27.6. The van der Waals surface area contributed by atoms with Crippen LogP contribution in [0.4, 0.5) is 0 Å². The zero-order valence-electron chi connectivity index (χ0n) is 34.0. The van der Waals surface area contributed by atoms with Crippen LogP contribution < -0.4 is 5.32 Å². The zero-order valence-corrected chi connectivity index (χ0v) is 34.0. The molecule has 3 heterocycles. The Balaban J connectivity index is 1.28. The summed E-state index contributed by atoms with van der Waals surface area (Å²) in [5.74, 6) is 0.176. The van der Waals surface area contributed by atoms with Gasteiger partial charge in [-0.05, 0) is 120 Å². The lowest BCUT2D eigenvalue weighted by atomic mass is 9.40. The van der Waals surface area contributed by atoms with E-state index in [4.69, 9.17) is 9.47 Å². The first-order chi connectivity index (χ1) is 25.2. The van der Waals surface area contributed by atoms with Gasteiger partial charge in [0, 0.05) is 52.6 Å². The molecule has 0 radical (unpaired) electrons. The fourth-order valence-corrected chi connectivity index (χ4v) is 13.0. The van der Waals surface area contributed by atoms with Crippen molar-refractivity contribution in [2.24, 2.45) is 28.6 Å². The number of ketones is 1. The molecule has 6 aliphatic rings. The second-order valence-electron chi connectivity index (χ2n) is 19.3. The summed E-state index contributed by atoms with van der Waals surface area (Å²) in [6, 6.07) is 1.77. The maximum absolute atomic E-state index is 14.9. The molecule has 0 saturated heterocycles. The standard InChI is InChI=1S/C46H60N2O6/c1-24(2)36-39(51)34-33-27(30-23-42(4,5)54-43(6,7)35(30)38(33)50)22-28-29-21-26-14-15-31-44(8,17-12-13-25(3)41(52)47-19-20-53-11)32(49)16-18-45(31,9)46(26,10)40(29)48(36)37(28)34/h12-13,17,22-23,26,31-32,35-36,38,49-50H,1,14-16,18-21H2,2-11H3,(H,47,52)/b17-12+,25-13+. The lowest BCUT2D eigenvalue weighted by Crippen LogP contribution is -2.62. The predicted octanol–water partition coefficient (Wildman–Crippen LogP) is 7.86. The number of allylic oxidation sites excluding steroid dienone is 3. The largest absolute Gasteiger partial charge is 0.392 e. The number of hydrogen-bond donors (Lipinski definition) is 3. The van der Waals surface area contributed by atoms with Crippen molar-refractivity contribution in [3.05, 3.63) is 76.0 Å². The highest BCUT2D eigenvalue weighted by atomic mass is 16.5. The van der Waals surface area contributed by atoms with E-state index in [0.29, 0.717) is 36.6 Å². The topological polar surface area (TPSA) is 110 Å². The molecule has 1 amide bonds. The van der Waals surface area contributed by atoms with Crippen LogP contribution in [0.3, 0.4) is 0 Å². The van der Waals surface area contributed by atoms with Crippen LogP contribution in [0.2, 0.25) is 0 Å². The normalized spacial score (nSPS) is 37.1. The molecule has 2 aromatic rings. The molecule has 2 aliphatic heterocycles. The number of rotatable bonds is 7. The first kappa shape index (κ1) is 37.6. The number of aliphatic hydroxyl groups excluding tert-OH is 2. The molecule has 2 saturated carbocycles. The van der Waals surface area contributed by atoms with Gasteiger partial charge >= 0.3 is 0 Å². The minimum atomic E-state index is -0.857. The number of benzene rings is 1. The molecule has 1 aromatic heterocycles. The van der Waals surface area contributed by atoms with Crippen LogP contribution in [0.25, 0.3) is 16.5 Å². The van der Waals surface area contributed by atoms with E-state index in [1.54, 1.807) is 7.11 Å².